The lowest BCUT2D eigenvalue weighted by atomic mass is 9.98. The number of nitrogens with zero attached hydrogens (tertiary/aromatic N) is 2. The monoisotopic (exact) mass is 261 g/mol. The van der Waals surface area contributed by atoms with Gasteiger partial charge in [-0.25, -0.2) is 0 Å². The lowest BCUT2D eigenvalue weighted by Crippen LogP contribution is -2.11. The van der Waals surface area contributed by atoms with Crippen LogP contribution < -0.4 is 5.73 Å². The Morgan fingerprint density at radius 1 is 1.33 bits per heavy atom. The first-order valence-corrected chi connectivity index (χ1v) is 6.72. The van der Waals surface area contributed by atoms with Gasteiger partial charge in [-0.3, -0.25) is 4.68 Å². The van der Waals surface area contributed by atoms with Crippen LogP contribution in [0.5, 0.6) is 0 Å². The van der Waals surface area contributed by atoms with Crippen LogP contribution in [0.4, 0.5) is 0 Å². The van der Waals surface area contributed by atoms with E-state index in [1.807, 2.05) is 18.2 Å². The molecule has 2 N–H and O–H groups in total. The van der Waals surface area contributed by atoms with Gasteiger partial charge in [0, 0.05) is 29.4 Å². The van der Waals surface area contributed by atoms with Crippen LogP contribution in [0.25, 0.3) is 11.1 Å². The molecule has 1 aromatic heterocycles. The fourth-order valence-corrected chi connectivity index (χ4v) is 2.86. The Morgan fingerprint density at radius 3 is 3.00 bits per heavy atom. The van der Waals surface area contributed by atoms with Crippen molar-refractivity contribution in [3.63, 3.8) is 0 Å². The van der Waals surface area contributed by atoms with Gasteiger partial charge in [0.05, 0.1) is 5.69 Å². The largest absolute Gasteiger partial charge is 0.325 e. The average molecular weight is 262 g/mol. The van der Waals surface area contributed by atoms with E-state index < -0.39 is 0 Å². The second-order valence-corrected chi connectivity index (χ2v) is 5.10. The molecular weight excluding hydrogens is 246 g/mol. The highest BCUT2D eigenvalue weighted by molar-refractivity contribution is 6.30. The Hall–Kier alpha value is -1.32. The molecule has 0 aliphatic carbocycles. The minimum Gasteiger partial charge on any atom is -0.325 e. The van der Waals surface area contributed by atoms with E-state index >= 15 is 0 Å². The Labute approximate surface area is 112 Å². The number of aryl methyl sites for hydroxylation is 1. The summed E-state index contributed by atoms with van der Waals surface area (Å²) < 4.78 is 2.11. The molecule has 1 aromatic carbocycles. The summed E-state index contributed by atoms with van der Waals surface area (Å²) in [6.07, 6.45) is 3.51. The van der Waals surface area contributed by atoms with Gasteiger partial charge in [-0.2, -0.15) is 5.10 Å². The second-order valence-electron chi connectivity index (χ2n) is 4.66. The Balaban J connectivity index is 2.18. The molecule has 3 nitrogen and oxygen atoms in total. The van der Waals surface area contributed by atoms with E-state index in [0.29, 0.717) is 6.54 Å². The molecule has 18 heavy (non-hydrogen) atoms. The SMILES string of the molecule is NCc1nn2c(c1-c1cccc(Cl)c1)CCCC2. The van der Waals surface area contributed by atoms with Gasteiger partial charge in [-0.05, 0) is 37.0 Å². The third-order valence-electron chi connectivity index (χ3n) is 3.47. The molecule has 0 saturated heterocycles. The minimum absolute atomic E-state index is 0.474. The van der Waals surface area contributed by atoms with Gasteiger partial charge in [0.2, 0.25) is 0 Å². The summed E-state index contributed by atoms with van der Waals surface area (Å²) in [4.78, 5) is 0. The number of nitrogens with two attached hydrogens (primary N) is 1. The molecule has 0 bridgehead atoms. The molecule has 1 aliphatic rings. The van der Waals surface area contributed by atoms with Crippen molar-refractivity contribution in [3.8, 4) is 11.1 Å². The normalized spacial score (nSPS) is 14.6. The van der Waals surface area contributed by atoms with Crippen LogP contribution in [0.1, 0.15) is 24.2 Å². The van der Waals surface area contributed by atoms with Gasteiger partial charge in [-0.15, -0.1) is 0 Å². The van der Waals surface area contributed by atoms with Gasteiger partial charge in [-0.1, -0.05) is 23.7 Å². The fourth-order valence-electron chi connectivity index (χ4n) is 2.66. The van der Waals surface area contributed by atoms with E-state index in [-0.39, 0.29) is 0 Å². The fraction of sp³-hybridized carbons (Fsp3) is 0.357. The molecule has 0 unspecified atom stereocenters. The van der Waals surface area contributed by atoms with Crippen LogP contribution in [-0.2, 0) is 19.5 Å². The third kappa shape index (κ3) is 1.93. The van der Waals surface area contributed by atoms with Crippen molar-refractivity contribution >= 4 is 11.6 Å². The van der Waals surface area contributed by atoms with Crippen LogP contribution in [-0.4, -0.2) is 9.78 Å². The first-order valence-electron chi connectivity index (χ1n) is 6.34. The van der Waals surface area contributed by atoms with Crippen molar-refractivity contribution in [2.45, 2.75) is 32.4 Å². The second kappa shape index (κ2) is 4.75. The Kier molecular flexibility index (Phi) is 3.10. The zero-order valence-corrected chi connectivity index (χ0v) is 11.0. The minimum atomic E-state index is 0.474. The summed E-state index contributed by atoms with van der Waals surface area (Å²) >= 11 is 6.08. The standard InChI is InChI=1S/C14H16ClN3/c15-11-5-3-4-10(8-11)14-12(9-16)17-18-7-2-1-6-13(14)18/h3-5,8H,1-2,6-7,9,16H2. The van der Waals surface area contributed by atoms with Crippen LogP contribution in [0.2, 0.25) is 5.02 Å². The van der Waals surface area contributed by atoms with E-state index in [1.54, 1.807) is 0 Å². The number of hydrogen-bond donors (Lipinski definition) is 1. The highest BCUT2D eigenvalue weighted by Gasteiger charge is 2.20. The van der Waals surface area contributed by atoms with Crippen LogP contribution in [0, 0.1) is 0 Å². The van der Waals surface area contributed by atoms with Crippen molar-refractivity contribution in [2.24, 2.45) is 5.73 Å². The lowest BCUT2D eigenvalue weighted by molar-refractivity contribution is 0.484. The number of rotatable bonds is 2. The summed E-state index contributed by atoms with van der Waals surface area (Å²) in [6.45, 7) is 1.48. The number of halogens is 1. The predicted octanol–water partition coefficient (Wildman–Crippen LogP) is 3.00. The van der Waals surface area contributed by atoms with Crippen LogP contribution in [0.15, 0.2) is 24.3 Å². The van der Waals surface area contributed by atoms with E-state index in [1.165, 1.54) is 24.1 Å². The molecule has 2 heterocycles. The number of aromatic nitrogens is 2. The number of benzene rings is 1. The Bertz CT molecular complexity index is 574. The first-order chi connectivity index (χ1) is 8.79. The summed E-state index contributed by atoms with van der Waals surface area (Å²) in [5.74, 6) is 0. The molecule has 3 rings (SSSR count). The van der Waals surface area contributed by atoms with Gasteiger partial charge >= 0.3 is 0 Å². The Morgan fingerprint density at radius 2 is 2.22 bits per heavy atom. The average Bonchev–Trinajstić information content (AvgIpc) is 2.77. The summed E-state index contributed by atoms with van der Waals surface area (Å²) in [7, 11) is 0. The van der Waals surface area contributed by atoms with Crippen LogP contribution >= 0.6 is 11.6 Å². The molecule has 2 aromatic rings. The van der Waals surface area contributed by atoms with Gasteiger partial charge < -0.3 is 5.73 Å². The van der Waals surface area contributed by atoms with Crippen molar-refractivity contribution < 1.29 is 0 Å². The van der Waals surface area contributed by atoms with Gasteiger partial charge in [0.25, 0.3) is 0 Å². The van der Waals surface area contributed by atoms with Crippen molar-refractivity contribution in [2.75, 3.05) is 0 Å². The molecule has 0 spiro atoms. The summed E-state index contributed by atoms with van der Waals surface area (Å²) in [5, 5.41) is 5.38. The molecule has 0 saturated carbocycles. The van der Waals surface area contributed by atoms with E-state index in [0.717, 1.165) is 29.2 Å². The maximum atomic E-state index is 6.08. The summed E-state index contributed by atoms with van der Waals surface area (Å²) in [5.41, 5.74) is 10.4. The quantitative estimate of drug-likeness (QED) is 0.903. The number of fused-ring (bicyclic) bond motifs is 1. The van der Waals surface area contributed by atoms with E-state index in [9.17, 15) is 0 Å². The molecular formula is C14H16ClN3. The molecule has 1 aliphatic heterocycles. The maximum Gasteiger partial charge on any atom is 0.0841 e. The molecule has 0 radical (unpaired) electrons. The molecule has 0 atom stereocenters. The van der Waals surface area contributed by atoms with Gasteiger partial charge in [0.15, 0.2) is 0 Å². The topological polar surface area (TPSA) is 43.8 Å². The highest BCUT2D eigenvalue weighted by atomic mass is 35.5. The van der Waals surface area contributed by atoms with E-state index in [4.69, 9.17) is 17.3 Å². The highest BCUT2D eigenvalue weighted by Crippen LogP contribution is 2.32. The maximum absolute atomic E-state index is 6.08. The summed E-state index contributed by atoms with van der Waals surface area (Å²) in [6, 6.07) is 7.94. The zero-order chi connectivity index (χ0) is 12.5. The molecule has 0 amide bonds. The smallest absolute Gasteiger partial charge is 0.0841 e. The van der Waals surface area contributed by atoms with Crippen LogP contribution in [0.3, 0.4) is 0 Å². The van der Waals surface area contributed by atoms with Crippen molar-refractivity contribution in [1.82, 2.24) is 9.78 Å². The zero-order valence-electron chi connectivity index (χ0n) is 10.2. The van der Waals surface area contributed by atoms with Gasteiger partial charge in [0.1, 0.15) is 0 Å². The molecule has 0 fully saturated rings. The number of hydrogen-bond acceptors (Lipinski definition) is 2. The first kappa shape index (κ1) is 11.8. The van der Waals surface area contributed by atoms with Crippen molar-refractivity contribution in [1.29, 1.82) is 0 Å². The molecule has 4 heteroatoms. The predicted molar refractivity (Wildman–Crippen MR) is 73.5 cm³/mol. The lowest BCUT2D eigenvalue weighted by Gasteiger charge is -2.14. The molecule has 94 valence electrons. The van der Waals surface area contributed by atoms with Crippen molar-refractivity contribution in [3.05, 3.63) is 40.7 Å². The van der Waals surface area contributed by atoms with E-state index in [2.05, 4.69) is 15.8 Å². The third-order valence-corrected chi connectivity index (χ3v) is 3.71.